The van der Waals surface area contributed by atoms with Gasteiger partial charge in [0.1, 0.15) is 6.04 Å². The summed E-state index contributed by atoms with van der Waals surface area (Å²) in [7, 11) is 1.69. The minimum Gasteiger partial charge on any atom is -0.480 e. The summed E-state index contributed by atoms with van der Waals surface area (Å²) in [5.74, 6) is 0.694. The SMILES string of the molecule is CN(CCOCC1CC1)C(=O)N1CSCC1C(=O)O. The first-order valence-corrected chi connectivity index (χ1v) is 7.65. The Morgan fingerprint density at radius 3 is 2.84 bits per heavy atom. The smallest absolute Gasteiger partial charge is 0.327 e. The van der Waals surface area contributed by atoms with Crippen molar-refractivity contribution < 1.29 is 19.4 Å². The highest BCUT2D eigenvalue weighted by Gasteiger charge is 2.35. The number of likely N-dealkylation sites (N-methyl/N-ethyl adjacent to an activating group) is 1. The molecule has 1 unspecified atom stereocenters. The number of carboxylic acid groups (broad SMARTS) is 1. The Balaban J connectivity index is 1.72. The molecule has 2 fully saturated rings. The molecule has 6 nitrogen and oxygen atoms in total. The van der Waals surface area contributed by atoms with E-state index in [1.807, 2.05) is 0 Å². The van der Waals surface area contributed by atoms with Gasteiger partial charge in [-0.3, -0.25) is 0 Å². The summed E-state index contributed by atoms with van der Waals surface area (Å²) in [4.78, 5) is 26.1. The lowest BCUT2D eigenvalue weighted by atomic mass is 10.3. The van der Waals surface area contributed by atoms with Gasteiger partial charge in [0, 0.05) is 26.0 Å². The summed E-state index contributed by atoms with van der Waals surface area (Å²) < 4.78 is 5.48. The van der Waals surface area contributed by atoms with E-state index in [2.05, 4.69) is 0 Å². The van der Waals surface area contributed by atoms with Crippen molar-refractivity contribution in [2.45, 2.75) is 18.9 Å². The average Bonchev–Trinajstić information content (AvgIpc) is 3.06. The minimum absolute atomic E-state index is 0.229. The van der Waals surface area contributed by atoms with Gasteiger partial charge in [-0.2, -0.15) is 0 Å². The van der Waals surface area contributed by atoms with Crippen LogP contribution < -0.4 is 0 Å². The van der Waals surface area contributed by atoms with Crippen LogP contribution in [0.1, 0.15) is 12.8 Å². The number of amides is 2. The summed E-state index contributed by atoms with van der Waals surface area (Å²) in [6.07, 6.45) is 2.50. The van der Waals surface area contributed by atoms with Crippen molar-refractivity contribution in [3.63, 3.8) is 0 Å². The number of carbonyl (C=O) groups excluding carboxylic acids is 1. The monoisotopic (exact) mass is 288 g/mol. The molecule has 19 heavy (non-hydrogen) atoms. The van der Waals surface area contributed by atoms with Crippen molar-refractivity contribution in [1.29, 1.82) is 0 Å². The standard InChI is InChI=1S/C12H20N2O4S/c1-13(4-5-18-6-9-2-3-9)12(17)14-8-19-7-10(14)11(15)16/h9-10H,2-8H2,1H3,(H,15,16). The van der Waals surface area contributed by atoms with E-state index >= 15 is 0 Å². The average molecular weight is 288 g/mol. The van der Waals surface area contributed by atoms with E-state index in [1.54, 1.807) is 7.05 Å². The van der Waals surface area contributed by atoms with Crippen LogP contribution in [-0.4, -0.2) is 71.4 Å². The molecular formula is C12H20N2O4S. The Morgan fingerprint density at radius 2 is 2.21 bits per heavy atom. The molecule has 1 aliphatic carbocycles. The number of aliphatic carboxylic acids is 1. The minimum atomic E-state index is -0.934. The summed E-state index contributed by atoms with van der Waals surface area (Å²) in [5, 5.41) is 9.05. The molecule has 1 heterocycles. The van der Waals surface area contributed by atoms with Gasteiger partial charge in [-0.05, 0) is 18.8 Å². The number of rotatable bonds is 6. The lowest BCUT2D eigenvalue weighted by Crippen LogP contribution is -2.48. The van der Waals surface area contributed by atoms with Crippen LogP contribution in [0.2, 0.25) is 0 Å². The predicted octanol–water partition coefficient (Wildman–Crippen LogP) is 0.924. The number of ether oxygens (including phenoxy) is 1. The molecule has 0 radical (unpaired) electrons. The molecule has 1 aliphatic heterocycles. The number of nitrogens with zero attached hydrogens (tertiary/aromatic N) is 2. The quantitative estimate of drug-likeness (QED) is 0.736. The highest BCUT2D eigenvalue weighted by Crippen LogP contribution is 2.28. The van der Waals surface area contributed by atoms with Gasteiger partial charge in [0.05, 0.1) is 12.5 Å². The van der Waals surface area contributed by atoms with Gasteiger partial charge < -0.3 is 19.6 Å². The van der Waals surface area contributed by atoms with Gasteiger partial charge in [-0.25, -0.2) is 9.59 Å². The Kier molecular flexibility index (Phi) is 4.93. The lowest BCUT2D eigenvalue weighted by Gasteiger charge is -2.26. The van der Waals surface area contributed by atoms with Crippen molar-refractivity contribution >= 4 is 23.8 Å². The fraction of sp³-hybridized carbons (Fsp3) is 0.833. The first-order valence-electron chi connectivity index (χ1n) is 6.49. The van der Waals surface area contributed by atoms with Crippen molar-refractivity contribution in [3.05, 3.63) is 0 Å². The van der Waals surface area contributed by atoms with Crippen LogP contribution in [-0.2, 0) is 9.53 Å². The molecule has 1 N–H and O–H groups in total. The zero-order valence-corrected chi connectivity index (χ0v) is 11.9. The largest absolute Gasteiger partial charge is 0.480 e. The first kappa shape index (κ1) is 14.5. The molecule has 1 atom stereocenters. The third-order valence-corrected chi connectivity index (χ3v) is 4.37. The maximum atomic E-state index is 12.1. The van der Waals surface area contributed by atoms with E-state index in [4.69, 9.17) is 9.84 Å². The second kappa shape index (κ2) is 6.47. The Bertz CT molecular complexity index is 349. The van der Waals surface area contributed by atoms with Crippen LogP contribution in [0.3, 0.4) is 0 Å². The highest BCUT2D eigenvalue weighted by molar-refractivity contribution is 7.99. The maximum Gasteiger partial charge on any atom is 0.327 e. The summed E-state index contributed by atoms with van der Waals surface area (Å²) in [6, 6.07) is -0.931. The van der Waals surface area contributed by atoms with Crippen molar-refractivity contribution in [1.82, 2.24) is 9.80 Å². The third kappa shape index (κ3) is 4.01. The first-order chi connectivity index (χ1) is 9.09. The summed E-state index contributed by atoms with van der Waals surface area (Å²) in [6.45, 7) is 1.79. The van der Waals surface area contributed by atoms with E-state index in [-0.39, 0.29) is 6.03 Å². The molecule has 2 rings (SSSR count). The number of urea groups is 1. The van der Waals surface area contributed by atoms with Crippen LogP contribution in [0.25, 0.3) is 0 Å². The van der Waals surface area contributed by atoms with Crippen LogP contribution in [0, 0.1) is 5.92 Å². The van der Waals surface area contributed by atoms with Gasteiger partial charge in [0.25, 0.3) is 0 Å². The zero-order valence-electron chi connectivity index (χ0n) is 11.1. The van der Waals surface area contributed by atoms with E-state index in [0.29, 0.717) is 30.7 Å². The molecule has 1 saturated carbocycles. The molecule has 7 heteroatoms. The van der Waals surface area contributed by atoms with Gasteiger partial charge in [-0.15, -0.1) is 11.8 Å². The van der Waals surface area contributed by atoms with Gasteiger partial charge in [0.2, 0.25) is 0 Å². The summed E-state index contributed by atoms with van der Waals surface area (Å²) in [5.41, 5.74) is 0. The molecule has 0 aromatic carbocycles. The normalized spacial score (nSPS) is 22.6. The second-order valence-corrected chi connectivity index (χ2v) is 6.05. The zero-order chi connectivity index (χ0) is 13.8. The number of hydrogen-bond donors (Lipinski definition) is 1. The molecular weight excluding hydrogens is 268 g/mol. The Hall–Kier alpha value is -0.950. The van der Waals surface area contributed by atoms with Crippen LogP contribution in [0.5, 0.6) is 0 Å². The molecule has 1 saturated heterocycles. The number of carbonyl (C=O) groups is 2. The van der Waals surface area contributed by atoms with E-state index in [9.17, 15) is 9.59 Å². The van der Waals surface area contributed by atoms with Crippen molar-refractivity contribution in [2.75, 3.05) is 38.4 Å². The van der Waals surface area contributed by atoms with Crippen LogP contribution in [0.4, 0.5) is 4.79 Å². The molecule has 0 aromatic rings. The molecule has 0 spiro atoms. The van der Waals surface area contributed by atoms with Gasteiger partial charge >= 0.3 is 12.0 Å². The van der Waals surface area contributed by atoms with Crippen LogP contribution in [0.15, 0.2) is 0 Å². The summed E-state index contributed by atoms with van der Waals surface area (Å²) >= 11 is 1.47. The van der Waals surface area contributed by atoms with Crippen molar-refractivity contribution in [2.24, 2.45) is 5.92 Å². The molecule has 0 bridgehead atoms. The number of thioether (sulfide) groups is 1. The lowest BCUT2D eigenvalue weighted by molar-refractivity contribution is -0.140. The maximum absolute atomic E-state index is 12.1. The molecule has 2 amide bonds. The second-order valence-electron chi connectivity index (χ2n) is 5.05. The van der Waals surface area contributed by atoms with Gasteiger partial charge in [-0.1, -0.05) is 0 Å². The molecule has 108 valence electrons. The van der Waals surface area contributed by atoms with E-state index in [1.165, 1.54) is 34.4 Å². The third-order valence-electron chi connectivity index (χ3n) is 3.36. The van der Waals surface area contributed by atoms with Gasteiger partial charge in [0.15, 0.2) is 0 Å². The van der Waals surface area contributed by atoms with Crippen LogP contribution >= 0.6 is 11.8 Å². The predicted molar refractivity (Wildman–Crippen MR) is 72.2 cm³/mol. The molecule has 2 aliphatic rings. The number of carboxylic acids is 1. The fourth-order valence-corrected chi connectivity index (χ4v) is 3.02. The molecule has 0 aromatic heterocycles. The van der Waals surface area contributed by atoms with E-state index in [0.717, 1.165) is 6.61 Å². The fourth-order valence-electron chi connectivity index (χ4n) is 1.89. The Morgan fingerprint density at radius 1 is 1.47 bits per heavy atom. The topological polar surface area (TPSA) is 70.1 Å². The van der Waals surface area contributed by atoms with E-state index < -0.39 is 12.0 Å². The Labute approximate surface area is 117 Å². The number of hydrogen-bond acceptors (Lipinski definition) is 4. The van der Waals surface area contributed by atoms with Crippen molar-refractivity contribution in [3.8, 4) is 0 Å². The highest BCUT2D eigenvalue weighted by atomic mass is 32.2.